The molecule has 3 heteroatoms. The molecule has 0 aliphatic carbocycles. The normalized spacial score (nSPS) is 12.5. The average molecular weight is 226 g/mol. The summed E-state index contributed by atoms with van der Waals surface area (Å²) < 4.78 is 5.08. The van der Waals surface area contributed by atoms with Gasteiger partial charge in [-0.3, -0.25) is 0 Å². The number of hydrogen-bond acceptors (Lipinski definition) is 3. The molecule has 0 saturated carbocycles. The maximum Gasteiger partial charge on any atom is 0.118 e. The molecule has 15 heavy (non-hydrogen) atoms. The van der Waals surface area contributed by atoms with Crippen molar-refractivity contribution in [3.05, 3.63) is 29.8 Å². The zero-order valence-electron chi connectivity index (χ0n) is 9.27. The summed E-state index contributed by atoms with van der Waals surface area (Å²) in [6, 6.07) is 8.00. The minimum absolute atomic E-state index is 0.192. The highest BCUT2D eigenvalue weighted by Crippen LogP contribution is 2.13. The predicted octanol–water partition coefficient (Wildman–Crippen LogP) is 2.35. The van der Waals surface area contributed by atoms with Crippen LogP contribution in [0.5, 0.6) is 5.75 Å². The van der Waals surface area contributed by atoms with Gasteiger partial charge in [-0.1, -0.05) is 12.1 Å². The van der Waals surface area contributed by atoms with Gasteiger partial charge in [0.25, 0.3) is 0 Å². The van der Waals surface area contributed by atoms with E-state index >= 15 is 0 Å². The van der Waals surface area contributed by atoms with Crippen molar-refractivity contribution in [2.24, 2.45) is 0 Å². The predicted molar refractivity (Wildman–Crippen MR) is 65.7 cm³/mol. The highest BCUT2D eigenvalue weighted by atomic mass is 32.2. The Morgan fingerprint density at radius 3 is 2.53 bits per heavy atom. The van der Waals surface area contributed by atoms with Crippen LogP contribution in [0.2, 0.25) is 0 Å². The molecule has 1 aromatic carbocycles. The van der Waals surface area contributed by atoms with Crippen LogP contribution in [-0.4, -0.2) is 30.3 Å². The second kappa shape index (κ2) is 6.75. The van der Waals surface area contributed by atoms with Gasteiger partial charge >= 0.3 is 0 Å². The van der Waals surface area contributed by atoms with Gasteiger partial charge in [0, 0.05) is 5.75 Å². The van der Waals surface area contributed by atoms with Crippen LogP contribution in [-0.2, 0) is 6.42 Å². The van der Waals surface area contributed by atoms with Gasteiger partial charge in [0.1, 0.15) is 5.75 Å². The zero-order chi connectivity index (χ0) is 11.1. The van der Waals surface area contributed by atoms with Crippen LogP contribution in [0.15, 0.2) is 24.3 Å². The van der Waals surface area contributed by atoms with Gasteiger partial charge in [0.05, 0.1) is 13.2 Å². The van der Waals surface area contributed by atoms with E-state index in [-0.39, 0.29) is 6.10 Å². The Morgan fingerprint density at radius 1 is 1.33 bits per heavy atom. The molecule has 0 bridgehead atoms. The molecule has 1 unspecified atom stereocenters. The largest absolute Gasteiger partial charge is 0.497 e. The summed E-state index contributed by atoms with van der Waals surface area (Å²) in [6.45, 7) is 0. The monoisotopic (exact) mass is 226 g/mol. The molecule has 0 spiro atoms. The summed E-state index contributed by atoms with van der Waals surface area (Å²) in [5.74, 6) is 1.69. The van der Waals surface area contributed by atoms with Crippen molar-refractivity contribution in [1.82, 2.24) is 0 Å². The van der Waals surface area contributed by atoms with Gasteiger partial charge in [-0.15, -0.1) is 0 Å². The Kier molecular flexibility index (Phi) is 5.58. The first-order chi connectivity index (χ1) is 7.26. The molecular weight excluding hydrogens is 208 g/mol. The first-order valence-corrected chi connectivity index (χ1v) is 6.45. The number of rotatable bonds is 6. The minimum atomic E-state index is -0.192. The second-order valence-electron chi connectivity index (χ2n) is 3.50. The van der Waals surface area contributed by atoms with E-state index in [4.69, 9.17) is 4.74 Å². The number of ether oxygens (including phenoxy) is 1. The lowest BCUT2D eigenvalue weighted by molar-refractivity contribution is 0.189. The second-order valence-corrected chi connectivity index (χ2v) is 4.41. The molecule has 0 heterocycles. The van der Waals surface area contributed by atoms with Gasteiger partial charge in [-0.05, 0) is 36.8 Å². The molecule has 0 saturated heterocycles. The Balaban J connectivity index is 2.37. The lowest BCUT2D eigenvalue weighted by Crippen LogP contribution is -2.10. The number of thioether (sulfide) groups is 1. The fraction of sp³-hybridized carbons (Fsp3) is 0.500. The van der Waals surface area contributed by atoms with Crippen LogP contribution in [0.1, 0.15) is 12.0 Å². The van der Waals surface area contributed by atoms with Crippen molar-refractivity contribution >= 4 is 11.8 Å². The first-order valence-electron chi connectivity index (χ1n) is 5.06. The van der Waals surface area contributed by atoms with Crippen LogP contribution in [0.3, 0.4) is 0 Å². The number of hydrogen-bond donors (Lipinski definition) is 1. The fourth-order valence-electron chi connectivity index (χ4n) is 1.40. The molecule has 0 amide bonds. The van der Waals surface area contributed by atoms with E-state index in [1.807, 2.05) is 30.5 Å². The molecule has 0 aromatic heterocycles. The summed E-state index contributed by atoms with van der Waals surface area (Å²) in [7, 11) is 1.66. The summed E-state index contributed by atoms with van der Waals surface area (Å²) in [5, 5.41) is 9.57. The summed E-state index contributed by atoms with van der Waals surface area (Å²) in [5.41, 5.74) is 1.25. The lowest BCUT2D eigenvalue weighted by atomic mass is 10.1. The highest BCUT2D eigenvalue weighted by molar-refractivity contribution is 7.98. The molecule has 1 atom stereocenters. The topological polar surface area (TPSA) is 29.5 Å². The SMILES string of the molecule is COc1ccc(CCC(O)CSC)cc1. The van der Waals surface area contributed by atoms with Crippen molar-refractivity contribution in [2.45, 2.75) is 18.9 Å². The molecule has 0 aliphatic rings. The maximum atomic E-state index is 9.57. The molecule has 0 fully saturated rings. The summed E-state index contributed by atoms with van der Waals surface area (Å²) in [4.78, 5) is 0. The third-order valence-electron chi connectivity index (χ3n) is 2.28. The standard InChI is InChI=1S/C12H18O2S/c1-14-12-7-4-10(5-8-12)3-6-11(13)9-15-2/h4-5,7-8,11,13H,3,6,9H2,1-2H3. The Hall–Kier alpha value is -0.670. The van der Waals surface area contributed by atoms with E-state index in [0.29, 0.717) is 0 Å². The van der Waals surface area contributed by atoms with E-state index in [1.54, 1.807) is 18.9 Å². The minimum Gasteiger partial charge on any atom is -0.497 e. The Labute approximate surface area is 95.7 Å². The zero-order valence-corrected chi connectivity index (χ0v) is 10.1. The molecule has 84 valence electrons. The van der Waals surface area contributed by atoms with Crippen molar-refractivity contribution in [3.63, 3.8) is 0 Å². The molecule has 1 rings (SSSR count). The summed E-state index contributed by atoms with van der Waals surface area (Å²) in [6.07, 6.45) is 3.57. The smallest absolute Gasteiger partial charge is 0.118 e. The molecule has 1 aromatic rings. The third kappa shape index (κ3) is 4.58. The highest BCUT2D eigenvalue weighted by Gasteiger charge is 2.03. The number of aliphatic hydroxyl groups excluding tert-OH is 1. The fourth-order valence-corrected chi connectivity index (χ4v) is 1.95. The third-order valence-corrected chi connectivity index (χ3v) is 3.00. The van der Waals surface area contributed by atoms with Gasteiger partial charge < -0.3 is 9.84 Å². The van der Waals surface area contributed by atoms with E-state index in [2.05, 4.69) is 0 Å². The van der Waals surface area contributed by atoms with Gasteiger partial charge in [0.2, 0.25) is 0 Å². The van der Waals surface area contributed by atoms with E-state index in [9.17, 15) is 5.11 Å². The number of aliphatic hydroxyl groups is 1. The molecular formula is C12H18O2S. The van der Waals surface area contributed by atoms with Gasteiger partial charge in [-0.2, -0.15) is 11.8 Å². The number of aryl methyl sites for hydroxylation is 1. The van der Waals surface area contributed by atoms with Crippen LogP contribution < -0.4 is 4.74 Å². The van der Waals surface area contributed by atoms with Gasteiger partial charge in [0.15, 0.2) is 0 Å². The Bertz CT molecular complexity index is 271. The molecule has 0 radical (unpaired) electrons. The lowest BCUT2D eigenvalue weighted by Gasteiger charge is -2.08. The summed E-state index contributed by atoms with van der Waals surface area (Å²) >= 11 is 1.68. The quantitative estimate of drug-likeness (QED) is 0.807. The van der Waals surface area contributed by atoms with E-state index in [0.717, 1.165) is 24.3 Å². The van der Waals surface area contributed by atoms with Crippen LogP contribution in [0.4, 0.5) is 0 Å². The molecule has 1 N–H and O–H groups in total. The average Bonchev–Trinajstić information content (AvgIpc) is 2.27. The van der Waals surface area contributed by atoms with Crippen molar-refractivity contribution in [1.29, 1.82) is 0 Å². The van der Waals surface area contributed by atoms with E-state index < -0.39 is 0 Å². The van der Waals surface area contributed by atoms with Crippen molar-refractivity contribution in [3.8, 4) is 5.75 Å². The Morgan fingerprint density at radius 2 is 2.00 bits per heavy atom. The van der Waals surface area contributed by atoms with Crippen LogP contribution in [0, 0.1) is 0 Å². The first kappa shape index (κ1) is 12.4. The van der Waals surface area contributed by atoms with Crippen LogP contribution >= 0.6 is 11.8 Å². The number of methoxy groups -OCH3 is 1. The van der Waals surface area contributed by atoms with Crippen molar-refractivity contribution < 1.29 is 9.84 Å². The van der Waals surface area contributed by atoms with E-state index in [1.165, 1.54) is 5.56 Å². The van der Waals surface area contributed by atoms with Crippen LogP contribution in [0.25, 0.3) is 0 Å². The van der Waals surface area contributed by atoms with Crippen molar-refractivity contribution in [2.75, 3.05) is 19.1 Å². The molecule has 2 nitrogen and oxygen atoms in total. The molecule has 0 aliphatic heterocycles. The van der Waals surface area contributed by atoms with Gasteiger partial charge in [-0.25, -0.2) is 0 Å². The maximum absolute atomic E-state index is 9.57. The number of benzene rings is 1.